The summed E-state index contributed by atoms with van der Waals surface area (Å²) in [7, 11) is 0. The van der Waals surface area contributed by atoms with Crippen LogP contribution in [0.3, 0.4) is 0 Å². The van der Waals surface area contributed by atoms with Crippen molar-refractivity contribution in [2.75, 3.05) is 0 Å². The summed E-state index contributed by atoms with van der Waals surface area (Å²) in [4.78, 5) is 0. The normalized spacial score (nSPS) is 14.4. The van der Waals surface area contributed by atoms with Crippen LogP contribution in [0.4, 0.5) is 0 Å². The molecule has 2 aliphatic rings. The Kier molecular flexibility index (Phi) is 9.17. The molecule has 216 valence electrons. The monoisotopic (exact) mass is 726 g/mol. The minimum atomic E-state index is -2.83. The third-order valence-corrected chi connectivity index (χ3v) is 17.5. The summed E-state index contributed by atoms with van der Waals surface area (Å²) < 4.78 is 3.42. The molecule has 2 aliphatic carbocycles. The molecule has 0 bridgehead atoms. The van der Waals surface area contributed by atoms with Crippen LogP contribution in [-0.4, -0.2) is 3.21 Å². The van der Waals surface area contributed by atoms with E-state index in [4.69, 9.17) is 23.2 Å². The second kappa shape index (κ2) is 12.9. The summed E-state index contributed by atoms with van der Waals surface area (Å²) in [5, 5.41) is 6.91. The molecule has 0 aromatic heterocycles. The van der Waals surface area contributed by atoms with Gasteiger partial charge in [0.1, 0.15) is 0 Å². The van der Waals surface area contributed by atoms with Gasteiger partial charge in [-0.15, -0.1) is 24.8 Å². The van der Waals surface area contributed by atoms with Crippen LogP contribution >= 0.6 is 48.0 Å². The zero-order valence-corrected chi connectivity index (χ0v) is 29.2. The number of fused-ring (bicyclic) bond motifs is 8. The SMILES string of the molecule is Cl.Cl.Clc1ccc([C](c2ccc(Cl)cc2)=[Zr]([C]2=CC=CC2)[CH]2c3ccccc3-c3c2c2ccccc2c2ccccc32)cc1. The number of hydrogen-bond donors (Lipinski definition) is 0. The molecule has 1 unspecified atom stereocenters. The third-order valence-electron chi connectivity index (χ3n) is 8.74. The van der Waals surface area contributed by atoms with Crippen LogP contribution in [0.25, 0.3) is 32.7 Å². The summed E-state index contributed by atoms with van der Waals surface area (Å²) in [6.07, 6.45) is 8.03. The molecule has 0 saturated carbocycles. The summed E-state index contributed by atoms with van der Waals surface area (Å²) >= 11 is 10.0. The van der Waals surface area contributed by atoms with E-state index in [2.05, 4.69) is 115 Å². The molecule has 44 heavy (non-hydrogen) atoms. The van der Waals surface area contributed by atoms with E-state index in [0.717, 1.165) is 16.5 Å². The Labute approximate surface area is 288 Å². The van der Waals surface area contributed by atoms with E-state index < -0.39 is 21.3 Å². The fourth-order valence-corrected chi connectivity index (χ4v) is 16.4. The molecule has 6 aromatic rings. The second-order valence-corrected chi connectivity index (χ2v) is 18.2. The minimum absolute atomic E-state index is 0. The summed E-state index contributed by atoms with van der Waals surface area (Å²) in [6.45, 7) is 0. The van der Waals surface area contributed by atoms with Crippen molar-refractivity contribution in [3.05, 3.63) is 175 Å². The molecular weight excluding hydrogens is 701 g/mol. The van der Waals surface area contributed by atoms with Crippen molar-refractivity contribution in [2.45, 2.75) is 10.0 Å². The number of rotatable bonds is 4. The van der Waals surface area contributed by atoms with Crippen LogP contribution in [0.15, 0.2) is 143 Å². The van der Waals surface area contributed by atoms with E-state index in [1.807, 2.05) is 24.3 Å². The average Bonchev–Trinajstić information content (AvgIpc) is 3.69. The van der Waals surface area contributed by atoms with Crippen LogP contribution in [0.5, 0.6) is 0 Å². The summed E-state index contributed by atoms with van der Waals surface area (Å²) in [6, 6.07) is 44.2. The van der Waals surface area contributed by atoms with Crippen molar-refractivity contribution in [3.8, 4) is 11.1 Å². The first-order valence-electron chi connectivity index (χ1n) is 14.3. The molecule has 1 atom stereocenters. The van der Waals surface area contributed by atoms with Crippen molar-refractivity contribution in [3.63, 3.8) is 0 Å². The fraction of sp³-hybridized carbons (Fsp3) is 0.0513. The van der Waals surface area contributed by atoms with E-state index in [1.165, 1.54) is 58.1 Å². The predicted octanol–water partition coefficient (Wildman–Crippen LogP) is 11.9. The molecule has 0 nitrogen and oxygen atoms in total. The molecule has 0 aliphatic heterocycles. The molecule has 6 aromatic carbocycles. The van der Waals surface area contributed by atoms with E-state index in [1.54, 1.807) is 3.28 Å². The predicted molar refractivity (Wildman–Crippen MR) is 191 cm³/mol. The van der Waals surface area contributed by atoms with Gasteiger partial charge in [-0.2, -0.15) is 0 Å². The standard InChI is InChI=1S/C21H13.C13H8Cl2.C5H5.2ClH.Zr/c1-2-8-15-14(7-1)13-20-18-11-4-3-9-16(18)17-10-5-6-12-19(17)21(15)20;14-12-5-1-10(2-6-12)9-11-3-7-13(15)8-4-11;1-2-4-5-3-1;;;/h1-13H;1-8H;1-3H,4H2;2*1H;. The maximum absolute atomic E-state index is 6.44. The van der Waals surface area contributed by atoms with Crippen molar-refractivity contribution >= 4 is 72.8 Å². The number of allylic oxidation sites excluding steroid dienone is 4. The zero-order valence-electron chi connectivity index (χ0n) is 23.6. The molecule has 5 heteroatoms. The van der Waals surface area contributed by atoms with Gasteiger partial charge in [0.15, 0.2) is 0 Å². The van der Waals surface area contributed by atoms with Gasteiger partial charge >= 0.3 is 266 Å². The van der Waals surface area contributed by atoms with Gasteiger partial charge in [0.25, 0.3) is 0 Å². The van der Waals surface area contributed by atoms with Gasteiger partial charge in [-0.1, -0.05) is 0 Å². The first kappa shape index (κ1) is 31.2. The number of halogens is 4. The Hall–Kier alpha value is -2.77. The van der Waals surface area contributed by atoms with E-state index in [0.29, 0.717) is 3.63 Å². The quantitative estimate of drug-likeness (QED) is 0.159. The Morgan fingerprint density at radius 3 is 1.70 bits per heavy atom. The van der Waals surface area contributed by atoms with Crippen LogP contribution in [-0.2, 0) is 21.3 Å². The van der Waals surface area contributed by atoms with Gasteiger partial charge in [0, 0.05) is 0 Å². The Morgan fingerprint density at radius 2 is 1.11 bits per heavy atom. The number of hydrogen-bond acceptors (Lipinski definition) is 0. The van der Waals surface area contributed by atoms with E-state index in [9.17, 15) is 0 Å². The maximum atomic E-state index is 6.44. The Balaban J connectivity index is 0.00000171. The topological polar surface area (TPSA) is 0 Å². The summed E-state index contributed by atoms with van der Waals surface area (Å²) in [5.41, 5.74) is 8.31. The van der Waals surface area contributed by atoms with Crippen molar-refractivity contribution < 1.29 is 21.3 Å². The van der Waals surface area contributed by atoms with Gasteiger partial charge in [-0.25, -0.2) is 0 Å². The van der Waals surface area contributed by atoms with Gasteiger partial charge in [-0.3, -0.25) is 0 Å². The average molecular weight is 730 g/mol. The third kappa shape index (κ3) is 5.18. The van der Waals surface area contributed by atoms with Gasteiger partial charge in [-0.05, 0) is 0 Å². The molecule has 0 saturated heterocycles. The summed E-state index contributed by atoms with van der Waals surface area (Å²) in [5.74, 6) is 0. The van der Waals surface area contributed by atoms with Crippen molar-refractivity contribution in [1.82, 2.24) is 0 Å². The first-order chi connectivity index (χ1) is 20.7. The Bertz CT molecular complexity index is 2080. The van der Waals surface area contributed by atoms with Gasteiger partial charge in [0.2, 0.25) is 0 Å². The van der Waals surface area contributed by atoms with E-state index >= 15 is 0 Å². The van der Waals surface area contributed by atoms with Crippen molar-refractivity contribution in [2.24, 2.45) is 0 Å². The van der Waals surface area contributed by atoms with Crippen LogP contribution < -0.4 is 0 Å². The zero-order chi connectivity index (χ0) is 28.2. The second-order valence-electron chi connectivity index (χ2n) is 11.0. The fourth-order valence-electron chi connectivity index (χ4n) is 7.04. The van der Waals surface area contributed by atoms with E-state index in [-0.39, 0.29) is 24.8 Å². The molecule has 0 fully saturated rings. The molecule has 0 radical (unpaired) electrons. The van der Waals surface area contributed by atoms with Crippen LogP contribution in [0.2, 0.25) is 10.0 Å². The molecule has 8 rings (SSSR count). The first-order valence-corrected chi connectivity index (χ1v) is 19.0. The number of benzene rings is 6. The van der Waals surface area contributed by atoms with Gasteiger partial charge in [0.05, 0.1) is 0 Å². The van der Waals surface area contributed by atoms with Crippen LogP contribution in [0, 0.1) is 0 Å². The molecule has 0 heterocycles. The molecular formula is C39H28Cl4Zr. The molecule has 0 amide bonds. The Morgan fingerprint density at radius 1 is 0.591 bits per heavy atom. The molecule has 0 N–H and O–H groups in total. The van der Waals surface area contributed by atoms with Gasteiger partial charge < -0.3 is 0 Å². The van der Waals surface area contributed by atoms with Crippen molar-refractivity contribution in [1.29, 1.82) is 0 Å². The van der Waals surface area contributed by atoms with Crippen LogP contribution in [0.1, 0.15) is 32.3 Å². The molecule has 0 spiro atoms.